The number of ether oxygens (including phenoxy) is 2. The molecule has 2 heterocycles. The molecule has 0 unspecified atom stereocenters. The zero-order valence-electron chi connectivity index (χ0n) is 14.2. The minimum atomic E-state index is -0.424. The molecule has 1 aromatic carbocycles. The summed E-state index contributed by atoms with van der Waals surface area (Å²) in [7, 11) is 1.83. The van der Waals surface area contributed by atoms with Gasteiger partial charge in [-0.25, -0.2) is 4.39 Å². The first kappa shape index (κ1) is 17.4. The number of halogens is 1. The second kappa shape index (κ2) is 8.11. The molecule has 1 N–H and O–H groups in total. The maximum Gasteiger partial charge on any atom is 0.224 e. The van der Waals surface area contributed by atoms with Crippen LogP contribution in [-0.2, 0) is 23.0 Å². The van der Waals surface area contributed by atoms with Crippen molar-refractivity contribution in [2.24, 2.45) is 7.05 Å². The van der Waals surface area contributed by atoms with Crippen LogP contribution >= 0.6 is 0 Å². The Balaban J connectivity index is 1.57. The van der Waals surface area contributed by atoms with E-state index >= 15 is 0 Å². The topological polar surface area (TPSA) is 65.4 Å². The maximum atomic E-state index is 13.5. The van der Waals surface area contributed by atoms with E-state index in [2.05, 4.69) is 10.4 Å². The van der Waals surface area contributed by atoms with Gasteiger partial charge in [0.15, 0.2) is 0 Å². The van der Waals surface area contributed by atoms with Crippen LogP contribution in [0.5, 0.6) is 5.75 Å². The fraction of sp³-hybridized carbons (Fsp3) is 0.444. The van der Waals surface area contributed by atoms with Crippen LogP contribution in [-0.4, -0.2) is 35.0 Å². The van der Waals surface area contributed by atoms with Crippen LogP contribution in [0.15, 0.2) is 30.6 Å². The molecule has 6 nitrogen and oxygen atoms in total. The molecule has 0 spiro atoms. The number of benzene rings is 1. The normalized spacial score (nSPS) is 16.8. The summed E-state index contributed by atoms with van der Waals surface area (Å²) in [4.78, 5) is 12.2. The van der Waals surface area contributed by atoms with E-state index in [1.807, 2.05) is 13.2 Å². The molecule has 2 aromatic rings. The summed E-state index contributed by atoms with van der Waals surface area (Å²) in [6.07, 6.45) is 6.48. The lowest BCUT2D eigenvalue weighted by molar-refractivity contribution is -0.116. The highest BCUT2D eigenvalue weighted by Crippen LogP contribution is 2.26. The molecular formula is C18H22FN3O3. The zero-order valence-corrected chi connectivity index (χ0v) is 14.2. The minimum absolute atomic E-state index is 0.0548. The SMILES string of the molecule is Cn1cc(CCC(=O)Nc2cc(F)ccc2OC[C@@H]2CCCO2)cn1. The minimum Gasteiger partial charge on any atom is -0.489 e. The Morgan fingerprint density at radius 1 is 1.52 bits per heavy atom. The van der Waals surface area contributed by atoms with Crippen LogP contribution in [0.2, 0.25) is 0 Å². The highest BCUT2D eigenvalue weighted by Gasteiger charge is 2.17. The summed E-state index contributed by atoms with van der Waals surface area (Å²) in [6, 6.07) is 4.12. The number of carbonyl (C=O) groups excluding carboxylic acids is 1. The van der Waals surface area contributed by atoms with E-state index < -0.39 is 5.82 Å². The molecule has 1 atom stereocenters. The fourth-order valence-electron chi connectivity index (χ4n) is 2.76. The number of hydrogen-bond acceptors (Lipinski definition) is 4. The van der Waals surface area contributed by atoms with Crippen LogP contribution in [0.25, 0.3) is 0 Å². The van der Waals surface area contributed by atoms with Crippen molar-refractivity contribution in [3.05, 3.63) is 42.0 Å². The molecule has 1 aliphatic heterocycles. The van der Waals surface area contributed by atoms with Gasteiger partial charge in [-0.3, -0.25) is 9.48 Å². The number of aromatic nitrogens is 2. The van der Waals surface area contributed by atoms with E-state index in [1.165, 1.54) is 18.2 Å². The van der Waals surface area contributed by atoms with Crippen LogP contribution in [0, 0.1) is 5.82 Å². The summed E-state index contributed by atoms with van der Waals surface area (Å²) in [5, 5.41) is 6.80. The monoisotopic (exact) mass is 347 g/mol. The van der Waals surface area contributed by atoms with Gasteiger partial charge in [-0.05, 0) is 37.0 Å². The molecule has 3 rings (SSSR count). The van der Waals surface area contributed by atoms with Gasteiger partial charge in [0.1, 0.15) is 18.2 Å². The highest BCUT2D eigenvalue weighted by molar-refractivity contribution is 5.92. The van der Waals surface area contributed by atoms with Gasteiger partial charge in [0, 0.05) is 32.3 Å². The molecule has 1 aromatic heterocycles. The molecule has 0 radical (unpaired) electrons. The molecule has 0 bridgehead atoms. The number of aryl methyl sites for hydroxylation is 2. The van der Waals surface area contributed by atoms with Crippen LogP contribution in [0.3, 0.4) is 0 Å². The molecule has 0 saturated carbocycles. The molecule has 1 amide bonds. The van der Waals surface area contributed by atoms with Gasteiger partial charge >= 0.3 is 0 Å². The molecular weight excluding hydrogens is 325 g/mol. The second-order valence-electron chi connectivity index (χ2n) is 6.16. The Morgan fingerprint density at radius 2 is 2.40 bits per heavy atom. The smallest absolute Gasteiger partial charge is 0.224 e. The molecule has 1 fully saturated rings. The first-order valence-corrected chi connectivity index (χ1v) is 8.41. The van der Waals surface area contributed by atoms with Gasteiger partial charge in [0.2, 0.25) is 5.91 Å². The summed E-state index contributed by atoms with van der Waals surface area (Å²) in [5.74, 6) is -0.171. The van der Waals surface area contributed by atoms with Gasteiger partial charge in [-0.1, -0.05) is 0 Å². The van der Waals surface area contributed by atoms with E-state index in [0.717, 1.165) is 25.0 Å². The Bertz CT molecular complexity index is 726. The quantitative estimate of drug-likeness (QED) is 0.836. The number of carbonyl (C=O) groups is 1. The standard InChI is InChI=1S/C18H22FN3O3/c1-22-11-13(10-20-22)4-7-18(23)21-16-9-14(19)5-6-17(16)25-12-15-3-2-8-24-15/h5-6,9-11,15H,2-4,7-8,12H2,1H3,(H,21,23)/t15-/m0/s1. The van der Waals surface area contributed by atoms with Crippen molar-refractivity contribution in [1.29, 1.82) is 0 Å². The Kier molecular flexibility index (Phi) is 5.65. The lowest BCUT2D eigenvalue weighted by Gasteiger charge is -2.15. The predicted octanol–water partition coefficient (Wildman–Crippen LogP) is 2.69. The third-order valence-corrected chi connectivity index (χ3v) is 4.06. The zero-order chi connectivity index (χ0) is 17.6. The third kappa shape index (κ3) is 5.03. The van der Waals surface area contributed by atoms with Crippen molar-refractivity contribution >= 4 is 11.6 Å². The number of anilines is 1. The lowest BCUT2D eigenvalue weighted by atomic mass is 10.2. The van der Waals surface area contributed by atoms with Crippen molar-refractivity contribution in [3.8, 4) is 5.75 Å². The largest absolute Gasteiger partial charge is 0.489 e. The summed E-state index contributed by atoms with van der Waals surface area (Å²) < 4.78 is 26.5. The number of rotatable bonds is 7. The Labute approximate surface area is 145 Å². The summed E-state index contributed by atoms with van der Waals surface area (Å²) in [6.45, 7) is 1.14. The lowest BCUT2D eigenvalue weighted by Crippen LogP contribution is -2.18. The fourth-order valence-corrected chi connectivity index (χ4v) is 2.76. The van der Waals surface area contributed by atoms with E-state index in [-0.39, 0.29) is 18.4 Å². The van der Waals surface area contributed by atoms with Crippen LogP contribution < -0.4 is 10.1 Å². The van der Waals surface area contributed by atoms with Gasteiger partial charge < -0.3 is 14.8 Å². The van der Waals surface area contributed by atoms with Gasteiger partial charge in [-0.15, -0.1) is 0 Å². The Morgan fingerprint density at radius 3 is 3.12 bits per heavy atom. The number of amides is 1. The van der Waals surface area contributed by atoms with Crippen molar-refractivity contribution in [3.63, 3.8) is 0 Å². The van der Waals surface area contributed by atoms with Crippen LogP contribution in [0.4, 0.5) is 10.1 Å². The predicted molar refractivity (Wildman–Crippen MR) is 91.0 cm³/mol. The third-order valence-electron chi connectivity index (χ3n) is 4.06. The van der Waals surface area contributed by atoms with Gasteiger partial charge in [-0.2, -0.15) is 5.10 Å². The van der Waals surface area contributed by atoms with Crippen molar-refractivity contribution in [1.82, 2.24) is 9.78 Å². The van der Waals surface area contributed by atoms with Crippen molar-refractivity contribution < 1.29 is 18.7 Å². The highest BCUT2D eigenvalue weighted by atomic mass is 19.1. The van der Waals surface area contributed by atoms with Crippen molar-refractivity contribution in [2.75, 3.05) is 18.5 Å². The molecule has 25 heavy (non-hydrogen) atoms. The van der Waals surface area contributed by atoms with E-state index in [0.29, 0.717) is 24.5 Å². The molecule has 7 heteroatoms. The first-order valence-electron chi connectivity index (χ1n) is 8.41. The maximum absolute atomic E-state index is 13.5. The number of nitrogens with one attached hydrogen (secondary N) is 1. The molecule has 1 saturated heterocycles. The second-order valence-corrected chi connectivity index (χ2v) is 6.16. The summed E-state index contributed by atoms with van der Waals surface area (Å²) >= 11 is 0. The summed E-state index contributed by atoms with van der Waals surface area (Å²) in [5.41, 5.74) is 1.32. The Hall–Kier alpha value is -2.41. The molecule has 0 aliphatic carbocycles. The first-order chi connectivity index (χ1) is 12.1. The van der Waals surface area contributed by atoms with E-state index in [4.69, 9.17) is 9.47 Å². The molecule has 134 valence electrons. The van der Waals surface area contributed by atoms with Gasteiger partial charge in [0.25, 0.3) is 0 Å². The number of nitrogens with zero attached hydrogens (tertiary/aromatic N) is 2. The van der Waals surface area contributed by atoms with Crippen molar-refractivity contribution in [2.45, 2.75) is 31.8 Å². The average molecular weight is 347 g/mol. The van der Waals surface area contributed by atoms with Gasteiger partial charge in [0.05, 0.1) is 18.0 Å². The van der Waals surface area contributed by atoms with Crippen LogP contribution in [0.1, 0.15) is 24.8 Å². The van der Waals surface area contributed by atoms with E-state index in [1.54, 1.807) is 10.9 Å². The average Bonchev–Trinajstić information content (AvgIpc) is 3.24. The molecule has 1 aliphatic rings. The number of hydrogen-bond donors (Lipinski definition) is 1. The van der Waals surface area contributed by atoms with E-state index in [9.17, 15) is 9.18 Å².